The van der Waals surface area contributed by atoms with Crippen LogP contribution in [0.3, 0.4) is 0 Å². The van der Waals surface area contributed by atoms with Crippen LogP contribution >= 0.6 is 0 Å². The quantitative estimate of drug-likeness (QED) is 0.887. The molecular formula is C16H16FNO2S. The average molecular weight is 305 g/mol. The molecule has 0 radical (unpaired) electrons. The average Bonchev–Trinajstić information content (AvgIpc) is 2.50. The van der Waals surface area contributed by atoms with E-state index in [4.69, 9.17) is 10.5 Å². The van der Waals surface area contributed by atoms with Gasteiger partial charge in [0.15, 0.2) is 0 Å². The van der Waals surface area contributed by atoms with E-state index in [0.717, 1.165) is 17.7 Å². The molecule has 0 saturated heterocycles. The molecule has 2 aromatic rings. The van der Waals surface area contributed by atoms with E-state index in [-0.39, 0.29) is 11.6 Å². The molecule has 0 aliphatic carbocycles. The van der Waals surface area contributed by atoms with Gasteiger partial charge in [0.05, 0.1) is 23.1 Å². The van der Waals surface area contributed by atoms with Crippen molar-refractivity contribution in [2.75, 3.05) is 18.1 Å². The number of rotatable bonds is 3. The Morgan fingerprint density at radius 2 is 2.10 bits per heavy atom. The minimum atomic E-state index is -1.26. The molecule has 0 bridgehead atoms. The molecule has 0 saturated carbocycles. The Morgan fingerprint density at radius 3 is 2.90 bits per heavy atom. The van der Waals surface area contributed by atoms with Gasteiger partial charge in [0.1, 0.15) is 11.6 Å². The summed E-state index contributed by atoms with van der Waals surface area (Å²) in [7, 11) is -1.26. The lowest BCUT2D eigenvalue weighted by atomic mass is 9.95. The second kappa shape index (κ2) is 5.85. The van der Waals surface area contributed by atoms with E-state index in [1.165, 1.54) is 12.1 Å². The Balaban J connectivity index is 1.81. The second-order valence-electron chi connectivity index (χ2n) is 5.07. The molecule has 0 fully saturated rings. The maximum absolute atomic E-state index is 13.5. The van der Waals surface area contributed by atoms with E-state index in [1.54, 1.807) is 6.07 Å². The van der Waals surface area contributed by atoms with Crippen LogP contribution in [-0.2, 0) is 10.8 Å². The van der Waals surface area contributed by atoms with Crippen LogP contribution in [0.15, 0.2) is 47.4 Å². The minimum Gasteiger partial charge on any atom is -0.493 e. The van der Waals surface area contributed by atoms with E-state index >= 15 is 0 Å². The molecule has 1 aliphatic rings. The van der Waals surface area contributed by atoms with Gasteiger partial charge in [-0.25, -0.2) is 4.39 Å². The van der Waals surface area contributed by atoms with Gasteiger partial charge >= 0.3 is 0 Å². The number of anilines is 1. The van der Waals surface area contributed by atoms with Crippen LogP contribution < -0.4 is 10.5 Å². The maximum atomic E-state index is 13.5. The van der Waals surface area contributed by atoms with Crippen LogP contribution in [0.5, 0.6) is 5.75 Å². The highest BCUT2D eigenvalue weighted by Crippen LogP contribution is 2.34. The molecule has 3 nitrogen and oxygen atoms in total. The molecule has 21 heavy (non-hydrogen) atoms. The highest BCUT2D eigenvalue weighted by molar-refractivity contribution is 7.85. The van der Waals surface area contributed by atoms with E-state index in [1.807, 2.05) is 24.3 Å². The summed E-state index contributed by atoms with van der Waals surface area (Å²) in [6.07, 6.45) is 0.820. The number of hydrogen-bond acceptors (Lipinski definition) is 3. The molecule has 0 amide bonds. The van der Waals surface area contributed by atoms with Gasteiger partial charge in [-0.05, 0) is 36.2 Å². The minimum absolute atomic E-state index is 0.0761. The van der Waals surface area contributed by atoms with Crippen LogP contribution in [-0.4, -0.2) is 16.6 Å². The fourth-order valence-corrected chi connectivity index (χ4v) is 3.88. The number of hydrogen-bond donors (Lipinski definition) is 1. The Hall–Kier alpha value is -1.88. The van der Waals surface area contributed by atoms with E-state index in [2.05, 4.69) is 0 Å². The third-order valence-corrected chi connectivity index (χ3v) is 5.15. The predicted octanol–water partition coefficient (Wildman–Crippen LogP) is 3.08. The molecule has 3 rings (SSSR count). The summed E-state index contributed by atoms with van der Waals surface area (Å²) in [4.78, 5) is 0.477. The summed E-state index contributed by atoms with van der Waals surface area (Å²) in [6.45, 7) is 0.620. The first-order chi connectivity index (χ1) is 10.1. The Morgan fingerprint density at radius 1 is 1.29 bits per heavy atom. The number of benzene rings is 2. The van der Waals surface area contributed by atoms with Crippen molar-refractivity contribution in [2.45, 2.75) is 17.2 Å². The third kappa shape index (κ3) is 2.93. The highest BCUT2D eigenvalue weighted by atomic mass is 32.2. The van der Waals surface area contributed by atoms with Crippen LogP contribution in [0.25, 0.3) is 0 Å². The van der Waals surface area contributed by atoms with Gasteiger partial charge in [-0.1, -0.05) is 18.2 Å². The van der Waals surface area contributed by atoms with Gasteiger partial charge in [0.2, 0.25) is 0 Å². The van der Waals surface area contributed by atoms with Crippen LogP contribution in [0, 0.1) is 5.82 Å². The zero-order valence-electron chi connectivity index (χ0n) is 11.4. The monoisotopic (exact) mass is 305 g/mol. The third-order valence-electron chi connectivity index (χ3n) is 3.67. The lowest BCUT2D eigenvalue weighted by Gasteiger charge is -2.25. The van der Waals surface area contributed by atoms with Crippen molar-refractivity contribution in [3.63, 3.8) is 0 Å². The van der Waals surface area contributed by atoms with Gasteiger partial charge in [0, 0.05) is 16.6 Å². The van der Waals surface area contributed by atoms with E-state index in [9.17, 15) is 8.60 Å². The first kappa shape index (κ1) is 14.1. The van der Waals surface area contributed by atoms with Crippen LogP contribution in [0.4, 0.5) is 10.1 Å². The van der Waals surface area contributed by atoms with E-state index < -0.39 is 16.6 Å². The number of fused-ring (bicyclic) bond motifs is 1. The SMILES string of the molecule is Nc1ccc(S(=O)CC2CCOc3ccccc32)cc1F. The number of nitrogen functional groups attached to an aromatic ring is 1. The maximum Gasteiger partial charge on any atom is 0.147 e. The smallest absolute Gasteiger partial charge is 0.147 e. The van der Waals surface area contributed by atoms with Crippen molar-refractivity contribution >= 4 is 16.5 Å². The van der Waals surface area contributed by atoms with Gasteiger partial charge < -0.3 is 10.5 Å². The topological polar surface area (TPSA) is 52.3 Å². The zero-order chi connectivity index (χ0) is 14.8. The van der Waals surface area contributed by atoms with Gasteiger partial charge in [-0.15, -0.1) is 0 Å². The van der Waals surface area contributed by atoms with Gasteiger partial charge in [-0.2, -0.15) is 0 Å². The van der Waals surface area contributed by atoms with Crippen molar-refractivity contribution in [2.24, 2.45) is 0 Å². The first-order valence-electron chi connectivity index (χ1n) is 6.80. The molecule has 2 unspecified atom stereocenters. The molecule has 0 spiro atoms. The number of halogens is 1. The summed E-state index contributed by atoms with van der Waals surface area (Å²) in [5.41, 5.74) is 6.60. The van der Waals surface area contributed by atoms with Crippen LogP contribution in [0.1, 0.15) is 17.9 Å². The van der Waals surface area contributed by atoms with Crippen molar-refractivity contribution in [3.05, 3.63) is 53.8 Å². The second-order valence-corrected chi connectivity index (χ2v) is 6.56. The predicted molar refractivity (Wildman–Crippen MR) is 81.4 cm³/mol. The summed E-state index contributed by atoms with van der Waals surface area (Å²) < 4.78 is 31.5. The Labute approximate surface area is 125 Å². The fourth-order valence-electron chi connectivity index (χ4n) is 2.52. The molecule has 2 atom stereocenters. The Bertz CT molecular complexity index is 690. The molecule has 2 aromatic carbocycles. The molecule has 2 N–H and O–H groups in total. The molecule has 110 valence electrons. The molecule has 5 heteroatoms. The standard InChI is InChI=1S/C16H16FNO2S/c17-14-9-12(5-6-15(14)18)21(19)10-11-7-8-20-16-4-2-1-3-13(11)16/h1-6,9,11H,7-8,10,18H2. The molecular weight excluding hydrogens is 289 g/mol. The summed E-state index contributed by atoms with van der Waals surface area (Å²) in [6, 6.07) is 12.1. The summed E-state index contributed by atoms with van der Waals surface area (Å²) in [5.74, 6) is 0.961. The fraction of sp³-hybridized carbons (Fsp3) is 0.250. The van der Waals surface area contributed by atoms with Gasteiger partial charge in [-0.3, -0.25) is 4.21 Å². The molecule has 1 heterocycles. The van der Waals surface area contributed by atoms with Crippen molar-refractivity contribution in [3.8, 4) is 5.75 Å². The van der Waals surface area contributed by atoms with E-state index in [0.29, 0.717) is 17.3 Å². The number of nitrogens with two attached hydrogens (primary N) is 1. The first-order valence-corrected chi connectivity index (χ1v) is 8.12. The lowest BCUT2D eigenvalue weighted by Crippen LogP contribution is -2.19. The molecule has 0 aromatic heterocycles. The van der Waals surface area contributed by atoms with Crippen molar-refractivity contribution in [1.29, 1.82) is 0 Å². The highest BCUT2D eigenvalue weighted by Gasteiger charge is 2.23. The van der Waals surface area contributed by atoms with Crippen molar-refractivity contribution < 1.29 is 13.3 Å². The van der Waals surface area contributed by atoms with Gasteiger partial charge in [0.25, 0.3) is 0 Å². The Kier molecular flexibility index (Phi) is 3.92. The van der Waals surface area contributed by atoms with Crippen molar-refractivity contribution in [1.82, 2.24) is 0 Å². The summed E-state index contributed by atoms with van der Waals surface area (Å²) in [5, 5.41) is 0. The largest absolute Gasteiger partial charge is 0.493 e. The number of ether oxygens (including phenoxy) is 1. The normalized spacial score (nSPS) is 18.6. The molecule has 1 aliphatic heterocycles. The van der Waals surface area contributed by atoms with Crippen LogP contribution in [0.2, 0.25) is 0 Å². The summed E-state index contributed by atoms with van der Waals surface area (Å²) >= 11 is 0. The lowest BCUT2D eigenvalue weighted by molar-refractivity contribution is 0.273. The zero-order valence-corrected chi connectivity index (χ0v) is 12.2. The number of para-hydroxylation sites is 1.